The van der Waals surface area contributed by atoms with Gasteiger partial charge < -0.3 is 27.7 Å². The number of benzene rings is 13. The van der Waals surface area contributed by atoms with Gasteiger partial charge in [0, 0.05) is 82.4 Å². The van der Waals surface area contributed by atoms with Gasteiger partial charge in [0.2, 0.25) is 0 Å². The van der Waals surface area contributed by atoms with E-state index in [-0.39, 0.29) is 13.4 Å². The molecule has 4 aliphatic heterocycles. The van der Waals surface area contributed by atoms with E-state index in [1.165, 1.54) is 120 Å². The molecule has 0 saturated carbocycles. The third-order valence-corrected chi connectivity index (χ3v) is 20.0. The molecule has 0 bridgehead atoms. The Morgan fingerprint density at radius 3 is 1.08 bits per heavy atom. The van der Waals surface area contributed by atoms with Gasteiger partial charge in [0.05, 0.1) is 33.1 Å². The van der Waals surface area contributed by atoms with Gasteiger partial charge in [0.25, 0.3) is 13.4 Å². The lowest BCUT2D eigenvalue weighted by Gasteiger charge is -2.38. The maximum atomic E-state index is 7.65. The summed E-state index contributed by atoms with van der Waals surface area (Å²) < 4.78 is 25.1. The Labute approximate surface area is 499 Å². The number of para-hydroxylation sites is 8. The van der Waals surface area contributed by atoms with Crippen molar-refractivity contribution in [1.29, 1.82) is 0 Å². The smallest absolute Gasteiger partial charge is 0.256 e. The second kappa shape index (κ2) is 16.6. The third-order valence-electron chi connectivity index (χ3n) is 20.0. The van der Waals surface area contributed by atoms with Crippen molar-refractivity contribution in [1.82, 2.24) is 18.3 Å². The normalized spacial score (nSPS) is 13.3. The molecule has 8 heteroatoms. The molecule has 13 aromatic carbocycles. The van der Waals surface area contributed by atoms with Crippen LogP contribution in [0.2, 0.25) is 0 Å². The molecule has 0 radical (unpaired) electrons. The molecule has 8 heterocycles. The summed E-state index contributed by atoms with van der Waals surface area (Å²) in [5, 5.41) is 9.86. The summed E-state index contributed by atoms with van der Waals surface area (Å²) in [5.41, 5.74) is 26.9. The van der Waals surface area contributed by atoms with Gasteiger partial charge >= 0.3 is 0 Å². The first-order valence-corrected chi connectivity index (χ1v) is 30.2. The fourth-order valence-electron chi connectivity index (χ4n) is 16.5. The topological polar surface area (TPSA) is 38.2 Å². The summed E-state index contributed by atoms with van der Waals surface area (Å²) in [4.78, 5) is 0. The molecule has 0 fully saturated rings. The van der Waals surface area contributed by atoms with E-state index >= 15 is 0 Å². The van der Waals surface area contributed by atoms with Gasteiger partial charge in [-0.3, -0.25) is 0 Å². The van der Waals surface area contributed by atoms with Gasteiger partial charge in [-0.15, -0.1) is 0 Å². The predicted molar refractivity (Wildman–Crippen MR) is 362 cm³/mol. The Morgan fingerprint density at radius 2 is 0.644 bits per heavy atom. The molecule has 0 unspecified atom stereocenters. The van der Waals surface area contributed by atoms with E-state index in [1.807, 2.05) is 0 Å². The number of aromatic nitrogens is 4. The van der Waals surface area contributed by atoms with Crippen LogP contribution in [-0.4, -0.2) is 31.7 Å². The highest BCUT2D eigenvalue weighted by atomic mass is 16.5. The molecule has 4 aliphatic rings. The average molecular weight is 1100 g/mol. The van der Waals surface area contributed by atoms with Crippen molar-refractivity contribution in [2.75, 3.05) is 0 Å². The first kappa shape index (κ1) is 46.2. The quantitative estimate of drug-likeness (QED) is 0.165. The first-order chi connectivity index (χ1) is 43.1. The molecular weight excluding hydrogens is 1060 g/mol. The molecule has 0 saturated heterocycles. The van der Waals surface area contributed by atoms with E-state index in [4.69, 9.17) is 9.47 Å². The van der Waals surface area contributed by atoms with Gasteiger partial charge in [0.1, 0.15) is 23.0 Å². The van der Waals surface area contributed by atoms with Crippen LogP contribution in [0.15, 0.2) is 261 Å². The molecule has 0 amide bonds. The summed E-state index contributed by atoms with van der Waals surface area (Å²) >= 11 is 0. The highest BCUT2D eigenvalue weighted by Crippen LogP contribution is 2.47. The van der Waals surface area contributed by atoms with E-state index in [0.29, 0.717) is 0 Å². The summed E-state index contributed by atoms with van der Waals surface area (Å²) in [5.74, 6) is 3.46. The maximum absolute atomic E-state index is 7.65. The van der Waals surface area contributed by atoms with Crippen LogP contribution >= 0.6 is 0 Å². The molecule has 4 aromatic heterocycles. The van der Waals surface area contributed by atoms with Crippen LogP contribution in [0.3, 0.4) is 0 Å². The van der Waals surface area contributed by atoms with Crippen molar-refractivity contribution < 1.29 is 9.47 Å². The average Bonchev–Trinajstić information content (AvgIpc) is 3.51. The number of fused-ring (bicyclic) bond motifs is 20. The molecule has 400 valence electrons. The Balaban J connectivity index is 0.799. The van der Waals surface area contributed by atoms with Gasteiger partial charge in [-0.2, -0.15) is 0 Å². The van der Waals surface area contributed by atoms with Crippen molar-refractivity contribution in [2.24, 2.45) is 0 Å². The van der Waals surface area contributed by atoms with E-state index in [9.17, 15) is 0 Å². The number of hydrogen-bond acceptors (Lipinski definition) is 2. The maximum Gasteiger partial charge on any atom is 0.256 e. The Hall–Kier alpha value is -11.2. The first-order valence-electron chi connectivity index (χ1n) is 30.2. The zero-order valence-corrected chi connectivity index (χ0v) is 47.1. The van der Waals surface area contributed by atoms with Crippen molar-refractivity contribution in [3.05, 3.63) is 266 Å². The predicted octanol–water partition coefficient (Wildman–Crippen LogP) is 15.6. The number of hydrogen-bond donors (Lipinski definition) is 0. The fourth-order valence-corrected chi connectivity index (χ4v) is 16.5. The Bertz CT molecular complexity index is 5620. The summed E-state index contributed by atoms with van der Waals surface area (Å²) in [6, 6.07) is 96.7. The van der Waals surface area contributed by atoms with Crippen LogP contribution in [0, 0.1) is 6.92 Å². The zero-order chi connectivity index (χ0) is 56.5. The molecule has 6 nitrogen and oxygen atoms in total. The summed E-state index contributed by atoms with van der Waals surface area (Å²) in [6.45, 7) is 1.98. The van der Waals surface area contributed by atoms with Gasteiger partial charge in [-0.1, -0.05) is 164 Å². The van der Waals surface area contributed by atoms with E-state index < -0.39 is 0 Å². The van der Waals surface area contributed by atoms with Crippen LogP contribution in [0.25, 0.3) is 132 Å². The monoisotopic (exact) mass is 1100 g/mol. The van der Waals surface area contributed by atoms with Crippen molar-refractivity contribution in [3.63, 3.8) is 0 Å². The lowest BCUT2D eigenvalue weighted by Crippen LogP contribution is -2.62. The zero-order valence-electron chi connectivity index (χ0n) is 47.1. The van der Waals surface area contributed by atoms with Crippen LogP contribution in [0.1, 0.15) is 5.56 Å². The van der Waals surface area contributed by atoms with Crippen LogP contribution < -0.4 is 42.3 Å². The highest BCUT2D eigenvalue weighted by molar-refractivity contribution is 7.02. The lowest BCUT2D eigenvalue weighted by molar-refractivity contribution is 0.459. The second-order valence-electron chi connectivity index (χ2n) is 24.3. The van der Waals surface area contributed by atoms with Crippen LogP contribution in [0.5, 0.6) is 23.0 Å². The highest BCUT2D eigenvalue weighted by Gasteiger charge is 2.47. The molecule has 0 spiro atoms. The largest absolute Gasteiger partial charge is 0.458 e. The molecule has 0 atom stereocenters. The van der Waals surface area contributed by atoms with E-state index in [2.05, 4.69) is 286 Å². The molecule has 87 heavy (non-hydrogen) atoms. The third kappa shape index (κ3) is 5.92. The SMILES string of the molecule is Cc1c2c(cc3c1Oc1cc(-c4ccc5c(c4)c4ccccc4n5-c4ccccc4)cc4c1B3c1cccc3c5ccccc5n-4c13)B1c3c(cc(-c4ccc5c(c4)c4ccccc4n5-c4ccccc4)cc3-n3c4ccccc4c4cccc1c43)O2. The minimum Gasteiger partial charge on any atom is -0.458 e. The molecule has 21 rings (SSSR count). The number of ether oxygens (including phenoxy) is 2. The number of nitrogens with zero attached hydrogens (tertiary/aromatic N) is 4. The van der Waals surface area contributed by atoms with Crippen LogP contribution in [-0.2, 0) is 0 Å². The summed E-state index contributed by atoms with van der Waals surface area (Å²) in [7, 11) is 0. The fraction of sp³-hybridized carbons (Fsp3) is 0.0127. The van der Waals surface area contributed by atoms with Gasteiger partial charge in [0.15, 0.2) is 0 Å². The van der Waals surface area contributed by atoms with Crippen LogP contribution in [0.4, 0.5) is 0 Å². The molecular formula is C79H46B2N4O2. The Morgan fingerprint density at radius 1 is 0.276 bits per heavy atom. The second-order valence-corrected chi connectivity index (χ2v) is 24.3. The van der Waals surface area contributed by atoms with E-state index in [0.717, 1.165) is 73.6 Å². The standard InChI is InChI=1S/C79H46B2N4O2/c1-45-78-62(80-60-28-16-26-56-52-22-8-14-32-66(52)84(76(56)60)70-40-48(42-72(86-78)74(70)80)46-34-36-68-58(38-46)54-24-10-12-30-64(54)82(68)50-18-4-2-5-19-50)44-63-79(45)87-73-43-49(41-71-75(73)81(63)61-29-17-27-57-53-23-9-15-33-67(53)85(71)77(57)61)47-35-37-69-59(39-47)55-25-11-13-31-65(55)83(69)51-20-6-3-7-21-51/h2-44H,1H3. The number of rotatable bonds is 4. The van der Waals surface area contributed by atoms with Gasteiger partial charge in [-0.25, -0.2) is 0 Å². The van der Waals surface area contributed by atoms with E-state index in [1.54, 1.807) is 0 Å². The van der Waals surface area contributed by atoms with Crippen molar-refractivity contribution in [3.8, 4) is 68.0 Å². The van der Waals surface area contributed by atoms with Gasteiger partial charge in [-0.05, 0) is 159 Å². The minimum absolute atomic E-state index is 0.125. The van der Waals surface area contributed by atoms with Crippen molar-refractivity contribution >= 4 is 133 Å². The Kier molecular flexibility index (Phi) is 8.80. The molecule has 0 N–H and O–H groups in total. The minimum atomic E-state index is -0.125. The molecule has 0 aliphatic carbocycles. The lowest BCUT2D eigenvalue weighted by atomic mass is 9.31. The summed E-state index contributed by atoms with van der Waals surface area (Å²) in [6.07, 6.45) is 0. The molecule has 17 aromatic rings. The van der Waals surface area contributed by atoms with Crippen molar-refractivity contribution in [2.45, 2.75) is 6.92 Å².